The summed E-state index contributed by atoms with van der Waals surface area (Å²) in [6.45, 7) is 4.75. The number of hydrogen-bond acceptors (Lipinski definition) is 3. The van der Waals surface area contributed by atoms with Crippen LogP contribution in [0.25, 0.3) is 0 Å². The average molecular weight is 485 g/mol. The van der Waals surface area contributed by atoms with E-state index in [4.69, 9.17) is 9.84 Å². The molecule has 0 radical (unpaired) electrons. The minimum Gasteiger partial charge on any atom is -0.487 e. The Morgan fingerprint density at radius 2 is 1.88 bits per heavy atom. The smallest absolute Gasteiger partial charge is 0.303 e. The number of benzene rings is 2. The maximum absolute atomic E-state index is 10.7. The van der Waals surface area contributed by atoms with Gasteiger partial charge in [-0.1, -0.05) is 19.1 Å². The highest BCUT2D eigenvalue weighted by Crippen LogP contribution is 2.35. The van der Waals surface area contributed by atoms with Crippen LogP contribution >= 0.6 is 31.9 Å². The molecule has 0 fully saturated rings. The Hall–Kier alpha value is -1.53. The fourth-order valence-corrected chi connectivity index (χ4v) is 3.95. The van der Waals surface area contributed by atoms with Crippen LogP contribution in [0.15, 0.2) is 45.3 Å². The second kappa shape index (κ2) is 9.97. The molecule has 2 aromatic rings. The van der Waals surface area contributed by atoms with Gasteiger partial charge in [-0.25, -0.2) is 0 Å². The first-order valence-corrected chi connectivity index (χ1v) is 10.2. The molecule has 2 N–H and O–H groups in total. The number of carbonyl (C=O) groups is 1. The summed E-state index contributed by atoms with van der Waals surface area (Å²) in [5.41, 5.74) is 3.10. The number of rotatable bonds is 9. The third kappa shape index (κ3) is 6.32. The molecule has 0 bridgehead atoms. The van der Waals surface area contributed by atoms with Gasteiger partial charge in [0, 0.05) is 18.2 Å². The summed E-state index contributed by atoms with van der Waals surface area (Å²) in [6.07, 6.45) is 1.65. The zero-order valence-electron chi connectivity index (χ0n) is 14.9. The van der Waals surface area contributed by atoms with Crippen molar-refractivity contribution in [3.05, 3.63) is 56.5 Å². The van der Waals surface area contributed by atoms with Crippen molar-refractivity contribution < 1.29 is 14.6 Å². The van der Waals surface area contributed by atoms with E-state index in [-0.39, 0.29) is 6.42 Å². The summed E-state index contributed by atoms with van der Waals surface area (Å²) in [7, 11) is 0. The van der Waals surface area contributed by atoms with Crippen LogP contribution in [0.1, 0.15) is 37.8 Å². The molecule has 2 aromatic carbocycles. The number of anilines is 1. The van der Waals surface area contributed by atoms with Gasteiger partial charge >= 0.3 is 5.97 Å². The number of nitrogens with one attached hydrogen (secondary N) is 1. The fraction of sp³-hybridized carbons (Fsp3) is 0.350. The van der Waals surface area contributed by atoms with Gasteiger partial charge in [-0.2, -0.15) is 0 Å². The Bertz CT molecular complexity index is 741. The van der Waals surface area contributed by atoms with Gasteiger partial charge in [0.05, 0.1) is 8.95 Å². The van der Waals surface area contributed by atoms with Crippen LogP contribution < -0.4 is 10.1 Å². The molecule has 0 heterocycles. The van der Waals surface area contributed by atoms with Crippen molar-refractivity contribution in [1.82, 2.24) is 0 Å². The Labute approximate surface area is 171 Å². The lowest BCUT2D eigenvalue weighted by Gasteiger charge is -2.15. The van der Waals surface area contributed by atoms with Gasteiger partial charge in [0.1, 0.15) is 12.4 Å². The molecule has 0 saturated carbocycles. The molecule has 6 heteroatoms. The van der Waals surface area contributed by atoms with Gasteiger partial charge < -0.3 is 15.2 Å². The van der Waals surface area contributed by atoms with Gasteiger partial charge in [-0.05, 0) is 87.0 Å². The van der Waals surface area contributed by atoms with Crippen LogP contribution in [0.4, 0.5) is 5.69 Å². The number of halogens is 2. The standard InChI is InChI=1S/C20H23Br2NO3/c1-3-13(2)23-16-6-4-5-15(9-16)12-26-20-17(21)10-14(11-18(20)22)7-8-19(24)25/h4-6,9-11,13,23H,3,7-8,12H2,1-2H3,(H,24,25). The second-order valence-corrected chi connectivity index (χ2v) is 7.93. The van der Waals surface area contributed by atoms with Gasteiger partial charge in [0.25, 0.3) is 0 Å². The average Bonchev–Trinajstić information content (AvgIpc) is 2.59. The third-order valence-corrected chi connectivity index (χ3v) is 5.20. The molecule has 0 amide bonds. The molecule has 0 aliphatic carbocycles. The van der Waals surface area contributed by atoms with Gasteiger partial charge in [0.15, 0.2) is 0 Å². The van der Waals surface area contributed by atoms with Crippen LogP contribution in [-0.4, -0.2) is 17.1 Å². The van der Waals surface area contributed by atoms with Gasteiger partial charge in [-0.15, -0.1) is 0 Å². The Morgan fingerprint density at radius 1 is 1.19 bits per heavy atom. The maximum Gasteiger partial charge on any atom is 0.303 e. The monoisotopic (exact) mass is 483 g/mol. The largest absolute Gasteiger partial charge is 0.487 e. The van der Waals surface area contributed by atoms with Crippen molar-refractivity contribution in [2.24, 2.45) is 0 Å². The topological polar surface area (TPSA) is 58.6 Å². The highest BCUT2D eigenvalue weighted by molar-refractivity contribution is 9.11. The molecule has 0 aliphatic heterocycles. The van der Waals surface area contributed by atoms with E-state index in [2.05, 4.69) is 63.2 Å². The molecule has 0 aliphatic rings. The highest BCUT2D eigenvalue weighted by Gasteiger charge is 2.11. The first-order valence-electron chi connectivity index (χ1n) is 8.57. The van der Waals surface area contributed by atoms with E-state index in [0.717, 1.165) is 32.2 Å². The lowest BCUT2D eigenvalue weighted by molar-refractivity contribution is -0.136. The Kier molecular flexibility index (Phi) is 7.97. The summed E-state index contributed by atoms with van der Waals surface area (Å²) in [5, 5.41) is 12.3. The third-order valence-electron chi connectivity index (χ3n) is 4.02. The lowest BCUT2D eigenvalue weighted by atomic mass is 10.1. The van der Waals surface area contributed by atoms with Crippen molar-refractivity contribution in [2.45, 2.75) is 45.8 Å². The second-order valence-electron chi connectivity index (χ2n) is 6.23. The van der Waals surface area contributed by atoms with Crippen LogP contribution in [0.5, 0.6) is 5.75 Å². The number of carboxylic acids is 1. The van der Waals surface area contributed by atoms with E-state index in [1.807, 2.05) is 24.3 Å². The zero-order chi connectivity index (χ0) is 19.1. The van der Waals surface area contributed by atoms with Crippen LogP contribution in [0, 0.1) is 0 Å². The van der Waals surface area contributed by atoms with Crippen molar-refractivity contribution in [1.29, 1.82) is 0 Å². The van der Waals surface area contributed by atoms with Gasteiger partial charge in [0.2, 0.25) is 0 Å². The molecular formula is C20H23Br2NO3. The van der Waals surface area contributed by atoms with E-state index in [1.165, 1.54) is 0 Å². The van der Waals surface area contributed by atoms with E-state index >= 15 is 0 Å². The maximum atomic E-state index is 10.7. The van der Waals surface area contributed by atoms with Gasteiger partial charge in [-0.3, -0.25) is 4.79 Å². The van der Waals surface area contributed by atoms with Crippen LogP contribution in [-0.2, 0) is 17.8 Å². The lowest BCUT2D eigenvalue weighted by Crippen LogP contribution is -2.13. The van der Waals surface area contributed by atoms with Crippen molar-refractivity contribution >= 4 is 43.5 Å². The number of hydrogen-bond donors (Lipinski definition) is 2. The molecule has 1 unspecified atom stereocenters. The molecule has 0 aromatic heterocycles. The number of aliphatic carboxylic acids is 1. The van der Waals surface area contributed by atoms with Crippen LogP contribution in [0.3, 0.4) is 0 Å². The molecule has 0 saturated heterocycles. The predicted octanol–water partition coefficient (Wildman–Crippen LogP) is 6.02. The molecule has 26 heavy (non-hydrogen) atoms. The summed E-state index contributed by atoms with van der Waals surface area (Å²) >= 11 is 7.04. The normalized spacial score (nSPS) is 11.8. The predicted molar refractivity (Wildman–Crippen MR) is 112 cm³/mol. The zero-order valence-corrected chi connectivity index (χ0v) is 18.1. The number of carboxylic acid groups (broad SMARTS) is 1. The summed E-state index contributed by atoms with van der Waals surface area (Å²) < 4.78 is 7.60. The SMILES string of the molecule is CCC(C)Nc1cccc(COc2c(Br)cc(CCC(=O)O)cc2Br)c1. The molecule has 4 nitrogen and oxygen atoms in total. The minimum atomic E-state index is -0.802. The quantitative estimate of drug-likeness (QED) is 0.457. The first kappa shape index (κ1) is 20.8. The van der Waals surface area contributed by atoms with Crippen molar-refractivity contribution in [2.75, 3.05) is 5.32 Å². The first-order chi connectivity index (χ1) is 12.4. The molecule has 0 spiro atoms. The van der Waals surface area contributed by atoms with Crippen molar-refractivity contribution in [3.63, 3.8) is 0 Å². The minimum absolute atomic E-state index is 0.106. The van der Waals surface area contributed by atoms with E-state index in [9.17, 15) is 4.79 Å². The Morgan fingerprint density at radius 3 is 2.50 bits per heavy atom. The van der Waals surface area contributed by atoms with Crippen LogP contribution in [0.2, 0.25) is 0 Å². The number of aryl methyl sites for hydroxylation is 1. The van der Waals surface area contributed by atoms with Crippen molar-refractivity contribution in [3.8, 4) is 5.75 Å². The number of ether oxygens (including phenoxy) is 1. The highest BCUT2D eigenvalue weighted by atomic mass is 79.9. The fourth-order valence-electron chi connectivity index (χ4n) is 2.44. The summed E-state index contributed by atoms with van der Waals surface area (Å²) in [6, 6.07) is 12.4. The molecular weight excluding hydrogens is 462 g/mol. The van der Waals surface area contributed by atoms with E-state index in [1.54, 1.807) is 0 Å². The molecule has 140 valence electrons. The molecule has 1 atom stereocenters. The van der Waals surface area contributed by atoms with E-state index < -0.39 is 5.97 Å². The summed E-state index contributed by atoms with van der Waals surface area (Å²) in [4.78, 5) is 10.7. The van der Waals surface area contributed by atoms with E-state index in [0.29, 0.717) is 24.8 Å². The Balaban J connectivity index is 2.05. The molecule has 2 rings (SSSR count). The summed E-state index contributed by atoms with van der Waals surface area (Å²) in [5.74, 6) is -0.0900.